The van der Waals surface area contributed by atoms with Gasteiger partial charge in [-0.15, -0.1) is 0 Å². The Morgan fingerprint density at radius 1 is 1.41 bits per heavy atom. The predicted molar refractivity (Wildman–Crippen MR) is 62.8 cm³/mol. The van der Waals surface area contributed by atoms with Crippen molar-refractivity contribution in [3.05, 3.63) is 34.1 Å². The lowest BCUT2D eigenvalue weighted by molar-refractivity contribution is -0.118. The number of hydrogen-bond acceptors (Lipinski definition) is 3. The highest BCUT2D eigenvalue weighted by Gasteiger charge is 2.13. The van der Waals surface area contributed by atoms with E-state index in [1.54, 1.807) is 6.07 Å². The molecule has 2 N–H and O–H groups in total. The number of rotatable bonds is 5. The Morgan fingerprint density at radius 2 is 2.12 bits per heavy atom. The molecule has 17 heavy (non-hydrogen) atoms. The Kier molecular flexibility index (Phi) is 5.09. The van der Waals surface area contributed by atoms with Gasteiger partial charge in [-0.1, -0.05) is 15.9 Å². The molecule has 4 nitrogen and oxygen atoms in total. The van der Waals surface area contributed by atoms with Crippen LogP contribution < -0.4 is 5.73 Å². The molecule has 1 rings (SSSR count). The minimum absolute atomic E-state index is 0.0390. The number of benzene rings is 1. The van der Waals surface area contributed by atoms with Gasteiger partial charge in [0.1, 0.15) is 5.82 Å². The summed E-state index contributed by atoms with van der Waals surface area (Å²) in [6, 6.07) is 4.05. The van der Waals surface area contributed by atoms with Crippen molar-refractivity contribution in [3.8, 4) is 0 Å². The second-order valence-corrected chi connectivity index (χ2v) is 4.25. The molecule has 0 spiro atoms. The van der Waals surface area contributed by atoms with Crippen molar-refractivity contribution in [1.29, 1.82) is 0 Å². The van der Waals surface area contributed by atoms with Crippen LogP contribution in [0.2, 0.25) is 0 Å². The van der Waals surface area contributed by atoms with Gasteiger partial charge in [0.15, 0.2) is 0 Å². The lowest BCUT2D eigenvalue weighted by Gasteiger charge is -2.05. The van der Waals surface area contributed by atoms with Crippen LogP contribution in [0.5, 0.6) is 0 Å². The van der Waals surface area contributed by atoms with Gasteiger partial charge in [0, 0.05) is 10.9 Å². The monoisotopic (exact) mass is 303 g/mol. The summed E-state index contributed by atoms with van der Waals surface area (Å²) < 4.78 is 18.7. The quantitative estimate of drug-likeness (QED) is 0.668. The average Bonchev–Trinajstić information content (AvgIpc) is 2.23. The lowest BCUT2D eigenvalue weighted by Crippen LogP contribution is -2.13. The summed E-state index contributed by atoms with van der Waals surface area (Å²) in [6.45, 7) is 0.0390. The molecule has 1 aromatic rings. The molecule has 0 aliphatic rings. The van der Waals surface area contributed by atoms with Gasteiger partial charge >= 0.3 is 5.97 Å². The first-order valence-electron chi connectivity index (χ1n) is 4.91. The van der Waals surface area contributed by atoms with Crippen LogP contribution in [0.25, 0.3) is 0 Å². The molecule has 92 valence electrons. The van der Waals surface area contributed by atoms with Gasteiger partial charge < -0.3 is 10.5 Å². The molecule has 0 aromatic heterocycles. The van der Waals surface area contributed by atoms with Crippen LogP contribution in [0, 0.1) is 5.82 Å². The van der Waals surface area contributed by atoms with Crippen molar-refractivity contribution >= 4 is 27.8 Å². The first-order chi connectivity index (χ1) is 8.00. The first-order valence-corrected chi connectivity index (χ1v) is 5.70. The van der Waals surface area contributed by atoms with Crippen molar-refractivity contribution in [1.82, 2.24) is 0 Å². The molecule has 0 radical (unpaired) electrons. The number of esters is 1. The normalized spacial score (nSPS) is 10.0. The van der Waals surface area contributed by atoms with Gasteiger partial charge in [-0.25, -0.2) is 9.18 Å². The van der Waals surface area contributed by atoms with Crippen LogP contribution >= 0.6 is 15.9 Å². The fourth-order valence-corrected chi connectivity index (χ4v) is 1.48. The summed E-state index contributed by atoms with van der Waals surface area (Å²) in [4.78, 5) is 21.8. The third-order valence-corrected chi connectivity index (χ3v) is 2.44. The molecule has 6 heteroatoms. The predicted octanol–water partition coefficient (Wildman–Crippen LogP) is 2.01. The number of nitrogens with two attached hydrogens (primary N) is 1. The SMILES string of the molecule is NC(=O)CCCOC(=O)c1ccc(Br)cc1F. The molecule has 0 atom stereocenters. The van der Waals surface area contributed by atoms with Gasteiger partial charge in [-0.2, -0.15) is 0 Å². The molecule has 0 saturated carbocycles. The van der Waals surface area contributed by atoms with Gasteiger partial charge in [-0.3, -0.25) is 4.79 Å². The zero-order valence-electron chi connectivity index (χ0n) is 8.91. The molecule has 0 aliphatic carbocycles. The van der Waals surface area contributed by atoms with Gasteiger partial charge in [0.25, 0.3) is 0 Å². The Labute approximate surface area is 106 Å². The highest BCUT2D eigenvalue weighted by Crippen LogP contribution is 2.16. The number of carbonyl (C=O) groups excluding carboxylic acids is 2. The van der Waals surface area contributed by atoms with Crippen LogP contribution in [0.15, 0.2) is 22.7 Å². The number of carbonyl (C=O) groups is 2. The molecule has 0 saturated heterocycles. The second-order valence-electron chi connectivity index (χ2n) is 3.33. The molecule has 0 bridgehead atoms. The molecule has 1 aromatic carbocycles. The molecule has 1 amide bonds. The van der Waals surface area contributed by atoms with E-state index in [0.29, 0.717) is 10.9 Å². The smallest absolute Gasteiger partial charge is 0.341 e. The van der Waals surface area contributed by atoms with Crippen LogP contribution in [0.3, 0.4) is 0 Å². The van der Waals surface area contributed by atoms with Gasteiger partial charge in [0.2, 0.25) is 5.91 Å². The third kappa shape index (κ3) is 4.52. The van der Waals surface area contributed by atoms with E-state index in [9.17, 15) is 14.0 Å². The highest BCUT2D eigenvalue weighted by atomic mass is 79.9. The Balaban J connectivity index is 2.50. The summed E-state index contributed by atoms with van der Waals surface area (Å²) >= 11 is 3.08. The average molecular weight is 304 g/mol. The van der Waals surface area contributed by atoms with Crippen molar-refractivity contribution in [2.75, 3.05) is 6.61 Å². The zero-order valence-corrected chi connectivity index (χ0v) is 10.5. The second kappa shape index (κ2) is 6.34. The van der Waals surface area contributed by atoms with E-state index < -0.39 is 17.7 Å². The zero-order chi connectivity index (χ0) is 12.8. The first kappa shape index (κ1) is 13.6. The van der Waals surface area contributed by atoms with Crippen LogP contribution in [0.4, 0.5) is 4.39 Å². The van der Waals surface area contributed by atoms with E-state index in [0.717, 1.165) is 0 Å². The van der Waals surface area contributed by atoms with E-state index in [1.807, 2.05) is 0 Å². The minimum atomic E-state index is -0.750. The largest absolute Gasteiger partial charge is 0.462 e. The third-order valence-electron chi connectivity index (χ3n) is 1.95. The Morgan fingerprint density at radius 3 is 2.71 bits per heavy atom. The van der Waals surface area contributed by atoms with E-state index >= 15 is 0 Å². The van der Waals surface area contributed by atoms with Crippen LogP contribution in [-0.2, 0) is 9.53 Å². The minimum Gasteiger partial charge on any atom is -0.462 e. The number of hydrogen-bond donors (Lipinski definition) is 1. The molecular formula is C11H11BrFNO3. The summed E-state index contributed by atoms with van der Waals surface area (Å²) in [5, 5.41) is 0. The summed E-state index contributed by atoms with van der Waals surface area (Å²) in [5.41, 5.74) is 4.78. The topological polar surface area (TPSA) is 69.4 Å². The van der Waals surface area contributed by atoms with Crippen LogP contribution in [0.1, 0.15) is 23.2 Å². The number of primary amides is 1. The van der Waals surface area contributed by atoms with Crippen molar-refractivity contribution in [3.63, 3.8) is 0 Å². The Bertz CT molecular complexity index is 437. The van der Waals surface area contributed by atoms with E-state index in [1.165, 1.54) is 12.1 Å². The van der Waals surface area contributed by atoms with Gasteiger partial charge in [-0.05, 0) is 24.6 Å². The van der Waals surface area contributed by atoms with Crippen molar-refractivity contribution in [2.45, 2.75) is 12.8 Å². The number of ether oxygens (including phenoxy) is 1. The Hall–Kier alpha value is -1.43. The van der Waals surface area contributed by atoms with Gasteiger partial charge in [0.05, 0.1) is 12.2 Å². The maximum atomic E-state index is 13.3. The maximum absolute atomic E-state index is 13.3. The lowest BCUT2D eigenvalue weighted by atomic mass is 10.2. The maximum Gasteiger partial charge on any atom is 0.341 e. The van der Waals surface area contributed by atoms with Crippen molar-refractivity contribution < 1.29 is 18.7 Å². The van der Waals surface area contributed by atoms with E-state index in [4.69, 9.17) is 10.5 Å². The standard InChI is InChI=1S/C11H11BrFNO3/c12-7-3-4-8(9(13)6-7)11(16)17-5-1-2-10(14)15/h3-4,6H,1-2,5H2,(H2,14,15). The molecule has 0 unspecified atom stereocenters. The fraction of sp³-hybridized carbons (Fsp3) is 0.273. The molecular weight excluding hydrogens is 293 g/mol. The molecule has 0 fully saturated rings. The molecule has 0 heterocycles. The molecule has 0 aliphatic heterocycles. The fourth-order valence-electron chi connectivity index (χ4n) is 1.14. The van der Waals surface area contributed by atoms with E-state index in [-0.39, 0.29) is 18.6 Å². The van der Waals surface area contributed by atoms with Crippen LogP contribution in [-0.4, -0.2) is 18.5 Å². The summed E-state index contributed by atoms with van der Waals surface area (Å²) in [5.74, 6) is -1.87. The number of amides is 1. The summed E-state index contributed by atoms with van der Waals surface area (Å²) in [7, 11) is 0. The van der Waals surface area contributed by atoms with Crippen molar-refractivity contribution in [2.24, 2.45) is 5.73 Å². The van der Waals surface area contributed by atoms with E-state index in [2.05, 4.69) is 15.9 Å². The highest BCUT2D eigenvalue weighted by molar-refractivity contribution is 9.10. The number of halogens is 2. The summed E-state index contributed by atoms with van der Waals surface area (Å²) in [6.07, 6.45) is 0.468.